The van der Waals surface area contributed by atoms with Crippen molar-refractivity contribution in [1.82, 2.24) is 19.6 Å². The molecule has 1 aliphatic carbocycles. The summed E-state index contributed by atoms with van der Waals surface area (Å²) >= 11 is 0. The van der Waals surface area contributed by atoms with Gasteiger partial charge in [0.2, 0.25) is 0 Å². The Morgan fingerprint density at radius 3 is 2.57 bits per heavy atom. The Morgan fingerprint density at radius 2 is 1.83 bits per heavy atom. The first-order chi connectivity index (χ1) is 11.3. The molecule has 4 rings (SSSR count). The van der Waals surface area contributed by atoms with Gasteiger partial charge in [0.15, 0.2) is 0 Å². The number of pyridine rings is 1. The monoisotopic (exact) mass is 307 g/mol. The molecule has 23 heavy (non-hydrogen) atoms. The molecule has 2 N–H and O–H groups in total. The molecule has 0 radical (unpaired) electrons. The molecule has 0 aromatic carbocycles. The fourth-order valence-corrected chi connectivity index (χ4v) is 3.65. The van der Waals surface area contributed by atoms with Gasteiger partial charge in [-0.3, -0.25) is 0 Å². The lowest BCUT2D eigenvalue weighted by atomic mass is 9.79. The van der Waals surface area contributed by atoms with Crippen LogP contribution in [0.2, 0.25) is 0 Å². The first kappa shape index (κ1) is 14.3. The number of nitrogens with two attached hydrogens (primary N) is 1. The summed E-state index contributed by atoms with van der Waals surface area (Å²) in [6, 6.07) is 4.27. The van der Waals surface area contributed by atoms with Crippen molar-refractivity contribution in [2.75, 3.05) is 6.54 Å². The molecule has 5 heteroatoms. The van der Waals surface area contributed by atoms with Crippen LogP contribution in [-0.4, -0.2) is 26.1 Å². The van der Waals surface area contributed by atoms with E-state index in [0.717, 1.165) is 17.7 Å². The maximum Gasteiger partial charge on any atom is 0.115 e. The minimum atomic E-state index is 0.595. The van der Waals surface area contributed by atoms with Crippen LogP contribution in [0.3, 0.4) is 0 Å². The maximum absolute atomic E-state index is 5.81. The zero-order valence-corrected chi connectivity index (χ0v) is 13.1. The molecule has 0 spiro atoms. The molecular weight excluding hydrogens is 286 g/mol. The third-order valence-corrected chi connectivity index (χ3v) is 5.07. The summed E-state index contributed by atoms with van der Waals surface area (Å²) in [4.78, 5) is 8.23. The Morgan fingerprint density at radius 1 is 1.04 bits per heavy atom. The van der Waals surface area contributed by atoms with E-state index in [4.69, 9.17) is 5.73 Å². The standard InChI is InChI=1S/C18H21N5/c19-8-13-1-3-14(4-2-13)17-11-22-23-6-5-15(7-18(17)23)16-9-20-12-21-10-16/h5-7,9-14H,1-4,8,19H2/t13-,14-. The number of nitrogens with zero attached hydrogens (tertiary/aromatic N) is 4. The molecule has 3 heterocycles. The van der Waals surface area contributed by atoms with E-state index in [1.54, 1.807) is 6.33 Å². The van der Waals surface area contributed by atoms with Gasteiger partial charge in [-0.15, -0.1) is 0 Å². The average Bonchev–Trinajstić information content (AvgIpc) is 3.05. The molecule has 0 atom stereocenters. The van der Waals surface area contributed by atoms with Crippen molar-refractivity contribution >= 4 is 5.52 Å². The molecular formula is C18H21N5. The zero-order valence-electron chi connectivity index (χ0n) is 13.1. The number of hydrogen-bond acceptors (Lipinski definition) is 4. The fourth-order valence-electron chi connectivity index (χ4n) is 3.65. The summed E-state index contributed by atoms with van der Waals surface area (Å²) in [5.74, 6) is 1.29. The second-order valence-electron chi connectivity index (χ2n) is 6.43. The molecule has 0 saturated heterocycles. The summed E-state index contributed by atoms with van der Waals surface area (Å²) in [6.07, 6.45) is 14.2. The number of fused-ring (bicyclic) bond motifs is 1. The summed E-state index contributed by atoms with van der Waals surface area (Å²) in [5.41, 5.74) is 10.5. The number of rotatable bonds is 3. The molecule has 1 aliphatic rings. The molecule has 5 nitrogen and oxygen atoms in total. The van der Waals surface area contributed by atoms with Crippen molar-refractivity contribution in [3.8, 4) is 11.1 Å². The first-order valence-electron chi connectivity index (χ1n) is 8.28. The molecule has 0 amide bonds. The number of hydrogen-bond donors (Lipinski definition) is 1. The largest absolute Gasteiger partial charge is 0.330 e. The van der Waals surface area contributed by atoms with Crippen molar-refractivity contribution in [3.05, 3.63) is 48.8 Å². The second kappa shape index (κ2) is 6.08. The Labute approximate surface area is 135 Å². The van der Waals surface area contributed by atoms with E-state index in [1.807, 2.05) is 29.3 Å². The van der Waals surface area contributed by atoms with Crippen LogP contribution in [0.4, 0.5) is 0 Å². The van der Waals surface area contributed by atoms with Gasteiger partial charge in [0.05, 0.1) is 11.7 Å². The molecule has 1 saturated carbocycles. The molecule has 0 bridgehead atoms. The van der Waals surface area contributed by atoms with E-state index >= 15 is 0 Å². The summed E-state index contributed by atoms with van der Waals surface area (Å²) in [6.45, 7) is 0.819. The van der Waals surface area contributed by atoms with Crippen LogP contribution in [0.15, 0.2) is 43.2 Å². The SMILES string of the molecule is NC[C@H]1CC[C@H](c2cnn3ccc(-c4cncnc4)cc23)CC1. The highest BCUT2D eigenvalue weighted by atomic mass is 15.2. The van der Waals surface area contributed by atoms with Crippen molar-refractivity contribution in [2.45, 2.75) is 31.6 Å². The molecule has 0 aliphatic heterocycles. The fraction of sp³-hybridized carbons (Fsp3) is 0.389. The van der Waals surface area contributed by atoms with E-state index in [1.165, 1.54) is 36.8 Å². The van der Waals surface area contributed by atoms with E-state index in [-0.39, 0.29) is 0 Å². The van der Waals surface area contributed by atoms with Crippen LogP contribution >= 0.6 is 0 Å². The van der Waals surface area contributed by atoms with Crippen LogP contribution in [0, 0.1) is 5.92 Å². The van der Waals surface area contributed by atoms with Crippen LogP contribution in [-0.2, 0) is 0 Å². The lowest BCUT2D eigenvalue weighted by Crippen LogP contribution is -2.20. The molecule has 0 unspecified atom stereocenters. The average molecular weight is 307 g/mol. The summed E-state index contributed by atoms with van der Waals surface area (Å²) in [5, 5.41) is 4.53. The van der Waals surface area contributed by atoms with Crippen LogP contribution in [0.25, 0.3) is 16.6 Å². The van der Waals surface area contributed by atoms with Crippen LogP contribution < -0.4 is 5.73 Å². The van der Waals surface area contributed by atoms with E-state index in [0.29, 0.717) is 11.8 Å². The van der Waals surface area contributed by atoms with Crippen molar-refractivity contribution in [1.29, 1.82) is 0 Å². The normalized spacial score (nSPS) is 21.6. The topological polar surface area (TPSA) is 69.1 Å². The minimum Gasteiger partial charge on any atom is -0.330 e. The highest BCUT2D eigenvalue weighted by Gasteiger charge is 2.24. The minimum absolute atomic E-state index is 0.595. The highest BCUT2D eigenvalue weighted by Crippen LogP contribution is 2.37. The lowest BCUT2D eigenvalue weighted by Gasteiger charge is -2.27. The summed E-state index contributed by atoms with van der Waals surface area (Å²) in [7, 11) is 0. The third-order valence-electron chi connectivity index (χ3n) is 5.07. The van der Waals surface area contributed by atoms with Gasteiger partial charge >= 0.3 is 0 Å². The maximum atomic E-state index is 5.81. The molecule has 118 valence electrons. The number of aromatic nitrogens is 4. The third kappa shape index (κ3) is 2.72. The Hall–Kier alpha value is -2.27. The quantitative estimate of drug-likeness (QED) is 0.807. The van der Waals surface area contributed by atoms with Crippen LogP contribution in [0.5, 0.6) is 0 Å². The van der Waals surface area contributed by atoms with Gasteiger partial charge in [0.25, 0.3) is 0 Å². The van der Waals surface area contributed by atoms with Gasteiger partial charge in [-0.2, -0.15) is 5.10 Å². The van der Waals surface area contributed by atoms with Gasteiger partial charge in [-0.25, -0.2) is 14.5 Å². The van der Waals surface area contributed by atoms with Gasteiger partial charge < -0.3 is 5.73 Å². The Bertz CT molecular complexity index is 788. The van der Waals surface area contributed by atoms with Gasteiger partial charge in [-0.05, 0) is 61.8 Å². The summed E-state index contributed by atoms with van der Waals surface area (Å²) < 4.78 is 1.97. The van der Waals surface area contributed by atoms with Gasteiger partial charge in [0.1, 0.15) is 6.33 Å². The van der Waals surface area contributed by atoms with Gasteiger partial charge in [0, 0.05) is 29.7 Å². The molecule has 1 fully saturated rings. The predicted octanol–water partition coefficient (Wildman–Crippen LogP) is 3.02. The van der Waals surface area contributed by atoms with Crippen molar-refractivity contribution < 1.29 is 0 Å². The molecule has 3 aromatic heterocycles. The van der Waals surface area contributed by atoms with Crippen LogP contribution in [0.1, 0.15) is 37.2 Å². The Balaban J connectivity index is 1.68. The van der Waals surface area contributed by atoms with E-state index < -0.39 is 0 Å². The van der Waals surface area contributed by atoms with E-state index in [2.05, 4.69) is 27.2 Å². The van der Waals surface area contributed by atoms with Crippen molar-refractivity contribution in [2.24, 2.45) is 11.7 Å². The van der Waals surface area contributed by atoms with Gasteiger partial charge in [-0.1, -0.05) is 0 Å². The van der Waals surface area contributed by atoms with Crippen molar-refractivity contribution in [3.63, 3.8) is 0 Å². The molecule has 3 aromatic rings. The second-order valence-corrected chi connectivity index (χ2v) is 6.43. The Kier molecular flexibility index (Phi) is 3.79. The smallest absolute Gasteiger partial charge is 0.115 e. The van der Waals surface area contributed by atoms with E-state index in [9.17, 15) is 0 Å². The lowest BCUT2D eigenvalue weighted by molar-refractivity contribution is 0.333. The first-order valence-corrected chi connectivity index (χ1v) is 8.28. The predicted molar refractivity (Wildman–Crippen MR) is 90.0 cm³/mol. The highest BCUT2D eigenvalue weighted by molar-refractivity contribution is 5.69. The zero-order chi connectivity index (χ0) is 15.6.